The van der Waals surface area contributed by atoms with E-state index in [2.05, 4.69) is 20.4 Å². The lowest BCUT2D eigenvalue weighted by atomic mass is 9.56. The first-order valence-corrected chi connectivity index (χ1v) is 14.0. The topological polar surface area (TPSA) is 69.7 Å². The van der Waals surface area contributed by atoms with Gasteiger partial charge >= 0.3 is 5.97 Å². The largest absolute Gasteiger partial charge is 0.458 e. The Balaban J connectivity index is 1.30. The molecule has 0 aromatic rings. The third-order valence-electron chi connectivity index (χ3n) is 12.1. The molecule has 0 unspecified atom stereocenters. The fraction of sp³-hybridized carbons (Fsp3) is 0.833. The molecule has 1 spiro atoms. The van der Waals surface area contributed by atoms with Crippen LogP contribution in [0.2, 0.25) is 0 Å². The number of carbonyl (C=O) groups is 3. The lowest BCUT2D eigenvalue weighted by molar-refractivity contribution is -0.145. The van der Waals surface area contributed by atoms with Crippen molar-refractivity contribution in [2.24, 2.45) is 52.3 Å². The van der Waals surface area contributed by atoms with Crippen molar-refractivity contribution in [2.45, 2.75) is 97.2 Å². The van der Waals surface area contributed by atoms with E-state index in [9.17, 15) is 14.4 Å². The molecular weight excluding hydrogens is 440 g/mol. The molecule has 4 aliphatic carbocycles. The first kappa shape index (κ1) is 23.9. The summed E-state index contributed by atoms with van der Waals surface area (Å²) in [4.78, 5) is 36.1. The molecule has 6 rings (SSSR count). The van der Waals surface area contributed by atoms with E-state index >= 15 is 0 Å². The number of ether oxygens (including phenoxy) is 2. The predicted octanol–water partition coefficient (Wildman–Crippen LogP) is 5.31. The van der Waals surface area contributed by atoms with Crippen LogP contribution in [0.1, 0.15) is 85.5 Å². The summed E-state index contributed by atoms with van der Waals surface area (Å²) in [5.41, 5.74) is 0.873. The Hall–Kier alpha value is -1.49. The van der Waals surface area contributed by atoms with Gasteiger partial charge in [0.05, 0.1) is 12.2 Å². The van der Waals surface area contributed by atoms with Crippen molar-refractivity contribution in [3.63, 3.8) is 0 Å². The molecule has 0 N–H and O–H groups in total. The summed E-state index contributed by atoms with van der Waals surface area (Å²) in [5.74, 6) is 3.71. The quantitative estimate of drug-likeness (QED) is 0.379. The zero-order valence-corrected chi connectivity index (χ0v) is 21.9. The molecule has 0 aromatic carbocycles. The molecule has 6 fully saturated rings. The lowest BCUT2D eigenvalue weighted by Gasteiger charge is -2.49. The zero-order valence-electron chi connectivity index (χ0n) is 21.9. The molecule has 0 bridgehead atoms. The Bertz CT molecular complexity index is 985. The highest BCUT2D eigenvalue weighted by Crippen LogP contribution is 2.76. The summed E-state index contributed by atoms with van der Waals surface area (Å²) in [6.07, 6.45) is 8.43. The van der Waals surface area contributed by atoms with Gasteiger partial charge in [0.15, 0.2) is 0 Å². The highest BCUT2D eigenvalue weighted by Gasteiger charge is 2.74. The molecule has 0 radical (unpaired) electrons. The van der Waals surface area contributed by atoms with Gasteiger partial charge in [0.2, 0.25) is 0 Å². The molecule has 5 heteroatoms. The zero-order chi connectivity index (χ0) is 24.9. The van der Waals surface area contributed by atoms with Gasteiger partial charge in [-0.15, -0.1) is 0 Å². The minimum atomic E-state index is -0.220. The number of esters is 1. The van der Waals surface area contributed by atoms with Gasteiger partial charge in [0, 0.05) is 24.3 Å². The van der Waals surface area contributed by atoms with E-state index in [4.69, 9.17) is 9.47 Å². The first-order valence-electron chi connectivity index (χ1n) is 14.0. The first-order chi connectivity index (χ1) is 16.5. The van der Waals surface area contributed by atoms with E-state index in [1.807, 2.05) is 0 Å². The van der Waals surface area contributed by atoms with Crippen LogP contribution >= 0.6 is 0 Å². The Morgan fingerprint density at radius 3 is 2.40 bits per heavy atom. The Morgan fingerprint density at radius 1 is 0.971 bits per heavy atom. The second-order valence-corrected chi connectivity index (χ2v) is 13.7. The molecule has 35 heavy (non-hydrogen) atoms. The van der Waals surface area contributed by atoms with Gasteiger partial charge in [-0.2, -0.15) is 0 Å². The predicted molar refractivity (Wildman–Crippen MR) is 131 cm³/mol. The molecule has 0 aromatic heterocycles. The number of carbonyl (C=O) groups excluding carboxylic acids is 3. The van der Waals surface area contributed by atoms with E-state index in [0.29, 0.717) is 65.1 Å². The van der Waals surface area contributed by atoms with Gasteiger partial charge in [0.1, 0.15) is 17.7 Å². The molecular formula is C30H42O5. The molecule has 2 saturated heterocycles. The molecule has 5 nitrogen and oxygen atoms in total. The summed E-state index contributed by atoms with van der Waals surface area (Å²) in [6.45, 7) is 13.2. The summed E-state index contributed by atoms with van der Waals surface area (Å²) < 4.78 is 12.8. The second-order valence-electron chi connectivity index (χ2n) is 13.7. The van der Waals surface area contributed by atoms with Gasteiger partial charge in [-0.1, -0.05) is 20.4 Å². The Labute approximate surface area is 209 Å². The number of fused-ring (bicyclic) bond motifs is 6. The van der Waals surface area contributed by atoms with E-state index in [1.165, 1.54) is 12.8 Å². The highest BCUT2D eigenvalue weighted by molar-refractivity contribution is 5.90. The summed E-state index contributed by atoms with van der Waals surface area (Å²) >= 11 is 0. The summed E-state index contributed by atoms with van der Waals surface area (Å²) in [6, 6.07) is 0. The Morgan fingerprint density at radius 2 is 1.69 bits per heavy atom. The highest BCUT2D eigenvalue weighted by atomic mass is 16.6. The fourth-order valence-electron chi connectivity index (χ4n) is 10.3. The molecule has 2 aliphatic heterocycles. The second kappa shape index (κ2) is 7.76. The number of Topliss-reactive ketones (excluding diaryl/α,β-unsaturated/α-hetero) is 2. The maximum Gasteiger partial charge on any atom is 0.334 e. The van der Waals surface area contributed by atoms with Gasteiger partial charge in [-0.3, -0.25) is 0 Å². The van der Waals surface area contributed by atoms with Crippen LogP contribution in [-0.2, 0) is 23.9 Å². The number of hydrogen-bond donors (Lipinski definition) is 0. The van der Waals surface area contributed by atoms with Crippen molar-refractivity contribution < 1.29 is 23.9 Å². The molecule has 0 amide bonds. The van der Waals surface area contributed by atoms with Crippen molar-refractivity contribution in [3.05, 3.63) is 12.2 Å². The van der Waals surface area contributed by atoms with Crippen molar-refractivity contribution in [2.75, 3.05) is 6.61 Å². The van der Waals surface area contributed by atoms with Crippen LogP contribution in [0.5, 0.6) is 0 Å². The van der Waals surface area contributed by atoms with Crippen LogP contribution < -0.4 is 0 Å². The average Bonchev–Trinajstić information content (AvgIpc) is 2.96. The minimum absolute atomic E-state index is 0.00867. The summed E-state index contributed by atoms with van der Waals surface area (Å²) in [5, 5.41) is 0. The van der Waals surface area contributed by atoms with Crippen LogP contribution in [0.15, 0.2) is 12.2 Å². The standard InChI is InChI=1S/C30H42O5/c1-16(31)6-8-20-13-30(26-10-21-18(3)27(33)35-25(21)14-28(20,26)4)23-11-24-22(9-7-17(2)32)29(24,5)12-19(23)15-34-30/h19-26H,3,6-15H2,1-2,4-5H3/t19-,20-,21+,22-,23-,24-,25+,26+,28+,29+,30+/m0/s1. The normalized spacial score (nSPS) is 51.4. The lowest BCUT2D eigenvalue weighted by Crippen LogP contribution is -2.50. The van der Waals surface area contributed by atoms with E-state index < -0.39 is 0 Å². The van der Waals surface area contributed by atoms with Gasteiger partial charge in [0.25, 0.3) is 0 Å². The molecule has 6 aliphatic rings. The van der Waals surface area contributed by atoms with Crippen molar-refractivity contribution in [3.8, 4) is 0 Å². The maximum absolute atomic E-state index is 12.4. The van der Waals surface area contributed by atoms with Crippen molar-refractivity contribution in [1.29, 1.82) is 0 Å². The molecule has 192 valence electrons. The van der Waals surface area contributed by atoms with Gasteiger partial charge in [-0.25, -0.2) is 4.79 Å². The van der Waals surface area contributed by atoms with Crippen LogP contribution in [0.4, 0.5) is 0 Å². The molecule has 2 heterocycles. The van der Waals surface area contributed by atoms with Crippen LogP contribution in [-0.4, -0.2) is 35.8 Å². The molecule has 11 atom stereocenters. The number of hydrogen-bond acceptors (Lipinski definition) is 5. The average molecular weight is 483 g/mol. The van der Waals surface area contributed by atoms with Crippen LogP contribution in [0.3, 0.4) is 0 Å². The monoisotopic (exact) mass is 482 g/mol. The van der Waals surface area contributed by atoms with E-state index in [1.54, 1.807) is 13.8 Å². The SMILES string of the molecule is C=C1C(=O)O[C@@H]2C[C@]3(C)[C@@H](CCC(C)=O)C[C@]4(OC[C@@H]5C[C@]6(C)[C@@H](CCC(C)=O)[C@@H]6C[C@@H]54)[C@@H]3C[C@H]12. The third-order valence-corrected chi connectivity index (χ3v) is 12.1. The van der Waals surface area contributed by atoms with Crippen LogP contribution in [0.25, 0.3) is 0 Å². The number of rotatable bonds is 6. The third kappa shape index (κ3) is 3.32. The van der Waals surface area contributed by atoms with E-state index in [-0.39, 0.29) is 34.8 Å². The van der Waals surface area contributed by atoms with Gasteiger partial charge in [-0.05, 0) is 105 Å². The van der Waals surface area contributed by atoms with Crippen molar-refractivity contribution >= 4 is 17.5 Å². The number of ketones is 2. The van der Waals surface area contributed by atoms with Crippen molar-refractivity contribution in [1.82, 2.24) is 0 Å². The van der Waals surface area contributed by atoms with E-state index in [0.717, 1.165) is 38.7 Å². The molecule has 4 saturated carbocycles. The fourth-order valence-corrected chi connectivity index (χ4v) is 10.3. The van der Waals surface area contributed by atoms with Gasteiger partial charge < -0.3 is 19.1 Å². The van der Waals surface area contributed by atoms with Crippen LogP contribution in [0, 0.1) is 52.3 Å². The smallest absolute Gasteiger partial charge is 0.334 e. The Kier molecular flexibility index (Phi) is 5.29. The minimum Gasteiger partial charge on any atom is -0.458 e. The summed E-state index contributed by atoms with van der Waals surface area (Å²) in [7, 11) is 0. The maximum atomic E-state index is 12.4.